The molecule has 0 spiro atoms. The topological polar surface area (TPSA) is 67.2 Å². The molecule has 1 amide bonds. The van der Waals surface area contributed by atoms with Gasteiger partial charge >= 0.3 is 0 Å². The van der Waals surface area contributed by atoms with E-state index in [1.807, 2.05) is 19.1 Å². The highest BCUT2D eigenvalue weighted by molar-refractivity contribution is 7.16. The van der Waals surface area contributed by atoms with Crippen LogP contribution in [0, 0.1) is 6.92 Å². The first-order chi connectivity index (χ1) is 14.1. The predicted octanol–water partition coefficient (Wildman–Crippen LogP) is 6.12. The van der Waals surface area contributed by atoms with Gasteiger partial charge in [0.2, 0.25) is 0 Å². The van der Waals surface area contributed by atoms with Crippen LogP contribution in [0.5, 0.6) is 0 Å². The second-order valence-electron chi connectivity index (χ2n) is 6.63. The van der Waals surface area contributed by atoms with Gasteiger partial charge < -0.3 is 15.1 Å². The summed E-state index contributed by atoms with van der Waals surface area (Å²) in [7, 11) is 0. The monoisotopic (exact) mass is 423 g/mol. The Labute approximate surface area is 177 Å². The zero-order valence-electron chi connectivity index (χ0n) is 16.1. The summed E-state index contributed by atoms with van der Waals surface area (Å²) >= 11 is 3.24. The first kappa shape index (κ1) is 19.4. The van der Waals surface area contributed by atoms with Gasteiger partial charge in [-0.25, -0.2) is 4.98 Å². The fraction of sp³-hybridized carbons (Fsp3) is 0.182. The number of anilines is 2. The Hall–Kier alpha value is -2.90. The Morgan fingerprint density at radius 1 is 1.28 bits per heavy atom. The number of thiophene rings is 2. The number of nitrogens with zero attached hydrogens (tertiary/aromatic N) is 1. The number of aryl methyl sites for hydroxylation is 2. The van der Waals surface area contributed by atoms with Gasteiger partial charge in [-0.2, -0.15) is 11.3 Å². The highest BCUT2D eigenvalue weighted by Crippen LogP contribution is 2.38. The minimum Gasteiger partial charge on any atom is -0.459 e. The van der Waals surface area contributed by atoms with Crippen molar-refractivity contribution in [3.05, 3.63) is 86.9 Å². The SMILES string of the molecule is CCc1cc(C(Nc2cc(C)ccn2)c2ccsc2)c(NC(=O)c2ccco2)s1. The molecule has 1 atom stereocenters. The molecular formula is C22H21N3O2S2. The molecule has 0 aromatic carbocycles. The standard InChI is InChI=1S/C22H21N3O2S2/c1-3-16-12-17(22(29-16)25-21(26)18-5-4-9-27-18)20(15-7-10-28-13-15)24-19-11-14(2)6-8-23-19/h4-13,20H,3H2,1-2H3,(H,23,24)(H,25,26). The second kappa shape index (κ2) is 8.63. The summed E-state index contributed by atoms with van der Waals surface area (Å²) in [6.45, 7) is 4.16. The molecule has 4 rings (SSSR count). The number of pyridine rings is 1. The summed E-state index contributed by atoms with van der Waals surface area (Å²) in [4.78, 5) is 18.3. The lowest BCUT2D eigenvalue weighted by molar-refractivity contribution is 0.0997. The Morgan fingerprint density at radius 2 is 2.17 bits per heavy atom. The summed E-state index contributed by atoms with van der Waals surface area (Å²) in [6.07, 6.45) is 4.20. The molecule has 0 saturated carbocycles. The lowest BCUT2D eigenvalue weighted by Gasteiger charge is -2.20. The van der Waals surface area contributed by atoms with Gasteiger partial charge in [-0.15, -0.1) is 11.3 Å². The maximum Gasteiger partial charge on any atom is 0.291 e. The minimum atomic E-state index is -0.251. The second-order valence-corrected chi connectivity index (χ2v) is 8.55. The van der Waals surface area contributed by atoms with Crippen LogP contribution in [-0.2, 0) is 6.42 Å². The summed E-state index contributed by atoms with van der Waals surface area (Å²) in [5.41, 5.74) is 3.29. The minimum absolute atomic E-state index is 0.126. The van der Waals surface area contributed by atoms with Crippen molar-refractivity contribution in [1.82, 2.24) is 4.98 Å². The molecule has 5 nitrogen and oxygen atoms in total. The number of carbonyl (C=O) groups excluding carboxylic acids is 1. The molecule has 0 radical (unpaired) electrons. The van der Waals surface area contributed by atoms with Crippen LogP contribution in [0.4, 0.5) is 10.8 Å². The van der Waals surface area contributed by atoms with Crippen LogP contribution in [0.3, 0.4) is 0 Å². The van der Waals surface area contributed by atoms with E-state index in [-0.39, 0.29) is 11.9 Å². The van der Waals surface area contributed by atoms with Crippen LogP contribution in [0.2, 0.25) is 0 Å². The van der Waals surface area contributed by atoms with Crippen molar-refractivity contribution >= 4 is 39.4 Å². The third kappa shape index (κ3) is 4.41. The highest BCUT2D eigenvalue weighted by atomic mass is 32.1. The fourth-order valence-electron chi connectivity index (χ4n) is 3.06. The average molecular weight is 424 g/mol. The summed E-state index contributed by atoms with van der Waals surface area (Å²) in [5, 5.41) is 11.6. The van der Waals surface area contributed by atoms with Crippen molar-refractivity contribution in [2.75, 3.05) is 10.6 Å². The van der Waals surface area contributed by atoms with Crippen LogP contribution in [0.15, 0.2) is 64.0 Å². The number of rotatable bonds is 7. The Morgan fingerprint density at radius 3 is 2.86 bits per heavy atom. The smallest absolute Gasteiger partial charge is 0.291 e. The Balaban J connectivity index is 1.71. The Bertz CT molecular complexity index is 1090. The molecule has 0 aliphatic rings. The molecule has 4 aromatic rings. The molecule has 0 bridgehead atoms. The van der Waals surface area contributed by atoms with E-state index in [1.165, 1.54) is 11.1 Å². The fourth-order valence-corrected chi connectivity index (χ4v) is 4.78. The number of hydrogen-bond acceptors (Lipinski definition) is 6. The highest BCUT2D eigenvalue weighted by Gasteiger charge is 2.23. The van der Waals surface area contributed by atoms with E-state index in [0.29, 0.717) is 5.76 Å². The summed E-state index contributed by atoms with van der Waals surface area (Å²) in [6, 6.07) is 11.5. The zero-order valence-corrected chi connectivity index (χ0v) is 17.8. The van der Waals surface area contributed by atoms with E-state index < -0.39 is 0 Å². The third-order valence-electron chi connectivity index (χ3n) is 4.53. The van der Waals surface area contributed by atoms with Gasteiger partial charge in [0.15, 0.2) is 5.76 Å². The average Bonchev–Trinajstić information content (AvgIpc) is 3.47. The predicted molar refractivity (Wildman–Crippen MR) is 119 cm³/mol. The lowest BCUT2D eigenvalue weighted by atomic mass is 10.0. The number of aromatic nitrogens is 1. The van der Waals surface area contributed by atoms with Crippen LogP contribution in [-0.4, -0.2) is 10.9 Å². The Kier molecular flexibility index (Phi) is 5.78. The van der Waals surface area contributed by atoms with Gasteiger partial charge in [-0.05, 0) is 71.6 Å². The molecule has 0 aliphatic heterocycles. The van der Waals surface area contributed by atoms with Crippen molar-refractivity contribution in [2.45, 2.75) is 26.3 Å². The summed E-state index contributed by atoms with van der Waals surface area (Å²) in [5.74, 6) is 0.843. The van der Waals surface area contributed by atoms with Crippen molar-refractivity contribution in [3.63, 3.8) is 0 Å². The van der Waals surface area contributed by atoms with Crippen LogP contribution in [0.1, 0.15) is 45.1 Å². The molecular weight excluding hydrogens is 402 g/mol. The van der Waals surface area contributed by atoms with E-state index in [1.54, 1.807) is 41.0 Å². The molecule has 7 heteroatoms. The van der Waals surface area contributed by atoms with Crippen LogP contribution < -0.4 is 10.6 Å². The maximum atomic E-state index is 12.6. The van der Waals surface area contributed by atoms with Crippen molar-refractivity contribution in [1.29, 1.82) is 0 Å². The van der Waals surface area contributed by atoms with Crippen LogP contribution >= 0.6 is 22.7 Å². The largest absolute Gasteiger partial charge is 0.459 e. The zero-order chi connectivity index (χ0) is 20.2. The molecule has 2 N–H and O–H groups in total. The number of nitrogens with one attached hydrogen (secondary N) is 2. The quantitative estimate of drug-likeness (QED) is 0.376. The van der Waals surface area contributed by atoms with E-state index in [0.717, 1.165) is 33.9 Å². The molecule has 4 heterocycles. The molecule has 29 heavy (non-hydrogen) atoms. The normalized spacial score (nSPS) is 11.9. The summed E-state index contributed by atoms with van der Waals surface area (Å²) < 4.78 is 5.25. The van der Waals surface area contributed by atoms with E-state index in [9.17, 15) is 4.79 Å². The first-order valence-electron chi connectivity index (χ1n) is 9.32. The van der Waals surface area contributed by atoms with Crippen LogP contribution in [0.25, 0.3) is 0 Å². The molecule has 4 aromatic heterocycles. The number of carbonyl (C=O) groups is 1. The van der Waals surface area contributed by atoms with E-state index in [4.69, 9.17) is 4.42 Å². The lowest BCUT2D eigenvalue weighted by Crippen LogP contribution is -2.16. The maximum absolute atomic E-state index is 12.6. The van der Waals surface area contributed by atoms with Gasteiger partial charge in [-0.1, -0.05) is 6.92 Å². The van der Waals surface area contributed by atoms with Gasteiger partial charge in [-0.3, -0.25) is 4.79 Å². The molecule has 1 unspecified atom stereocenters. The van der Waals surface area contributed by atoms with Crippen molar-refractivity contribution < 1.29 is 9.21 Å². The molecule has 0 fully saturated rings. The molecule has 0 saturated heterocycles. The number of amides is 1. The number of furan rings is 1. The molecule has 148 valence electrons. The van der Waals surface area contributed by atoms with Crippen molar-refractivity contribution in [3.8, 4) is 0 Å². The third-order valence-corrected chi connectivity index (χ3v) is 6.44. The van der Waals surface area contributed by atoms with E-state index >= 15 is 0 Å². The van der Waals surface area contributed by atoms with Gasteiger partial charge in [0.05, 0.1) is 12.3 Å². The van der Waals surface area contributed by atoms with Crippen molar-refractivity contribution in [2.24, 2.45) is 0 Å². The number of hydrogen-bond donors (Lipinski definition) is 2. The van der Waals surface area contributed by atoms with Gasteiger partial charge in [0.25, 0.3) is 5.91 Å². The van der Waals surface area contributed by atoms with E-state index in [2.05, 4.69) is 45.4 Å². The first-order valence-corrected chi connectivity index (χ1v) is 11.1. The molecule has 0 aliphatic carbocycles. The van der Waals surface area contributed by atoms with Gasteiger partial charge in [0, 0.05) is 16.6 Å². The van der Waals surface area contributed by atoms with Gasteiger partial charge in [0.1, 0.15) is 10.8 Å².